The molecule has 1 aromatic heterocycles. The second-order valence-corrected chi connectivity index (χ2v) is 3.75. The van der Waals surface area contributed by atoms with Crippen molar-refractivity contribution in [2.45, 2.75) is 6.92 Å². The van der Waals surface area contributed by atoms with E-state index in [1.54, 1.807) is 18.2 Å². The van der Waals surface area contributed by atoms with Crippen LogP contribution in [0.5, 0.6) is 11.6 Å². The van der Waals surface area contributed by atoms with Crippen LogP contribution in [0, 0.1) is 12.9 Å². The van der Waals surface area contributed by atoms with Gasteiger partial charge in [0.25, 0.3) is 0 Å². The number of aromatic nitrogens is 1. The number of halogens is 2. The van der Waals surface area contributed by atoms with Crippen LogP contribution in [0.15, 0.2) is 36.4 Å². The molecular formula is C12H9ClFNO. The van der Waals surface area contributed by atoms with E-state index in [1.165, 1.54) is 12.1 Å². The lowest BCUT2D eigenvalue weighted by atomic mass is 10.2. The third kappa shape index (κ3) is 2.49. The van der Waals surface area contributed by atoms with Crippen LogP contribution in [0.2, 0.25) is 5.02 Å². The molecule has 0 N–H and O–H groups in total. The number of benzene rings is 1. The fourth-order valence-corrected chi connectivity index (χ4v) is 1.41. The van der Waals surface area contributed by atoms with E-state index in [4.69, 9.17) is 16.3 Å². The van der Waals surface area contributed by atoms with Gasteiger partial charge in [0.05, 0.1) is 0 Å². The molecule has 0 aliphatic heterocycles. The molecule has 1 heterocycles. The number of pyridine rings is 1. The lowest BCUT2D eigenvalue weighted by molar-refractivity contribution is 0.442. The van der Waals surface area contributed by atoms with Gasteiger partial charge in [-0.3, -0.25) is 0 Å². The van der Waals surface area contributed by atoms with Crippen LogP contribution in [-0.2, 0) is 0 Å². The molecule has 2 rings (SSSR count). The largest absolute Gasteiger partial charge is 0.439 e. The molecular weight excluding hydrogens is 229 g/mol. The molecule has 0 aliphatic carbocycles. The number of aryl methyl sites for hydroxylation is 1. The zero-order valence-electron chi connectivity index (χ0n) is 8.58. The Morgan fingerprint density at radius 2 is 2.06 bits per heavy atom. The molecule has 2 aromatic rings. The summed E-state index contributed by atoms with van der Waals surface area (Å²) in [5.74, 6) is 0.216. The molecule has 0 saturated heterocycles. The van der Waals surface area contributed by atoms with Gasteiger partial charge in [-0.25, -0.2) is 0 Å². The van der Waals surface area contributed by atoms with Gasteiger partial charge in [0.2, 0.25) is 11.8 Å². The van der Waals surface area contributed by atoms with Gasteiger partial charge in [-0.1, -0.05) is 23.7 Å². The third-order valence-electron chi connectivity index (χ3n) is 2.05. The van der Waals surface area contributed by atoms with E-state index in [9.17, 15) is 4.39 Å². The number of ether oxygens (including phenoxy) is 1. The first-order valence-electron chi connectivity index (χ1n) is 4.72. The van der Waals surface area contributed by atoms with Crippen molar-refractivity contribution in [2.75, 3.05) is 0 Å². The van der Waals surface area contributed by atoms with Crippen LogP contribution in [-0.4, -0.2) is 4.98 Å². The highest BCUT2D eigenvalue weighted by atomic mass is 35.5. The molecule has 0 saturated carbocycles. The average Bonchev–Trinajstić information content (AvgIpc) is 2.24. The molecule has 0 atom stereocenters. The first-order chi connectivity index (χ1) is 7.65. The van der Waals surface area contributed by atoms with Crippen molar-refractivity contribution in [2.24, 2.45) is 0 Å². The Morgan fingerprint density at radius 3 is 2.81 bits per heavy atom. The van der Waals surface area contributed by atoms with Crippen molar-refractivity contribution in [3.05, 3.63) is 52.9 Å². The molecule has 82 valence electrons. The predicted molar refractivity (Wildman–Crippen MR) is 60.5 cm³/mol. The molecule has 4 heteroatoms. The summed E-state index contributed by atoms with van der Waals surface area (Å²) in [6, 6.07) is 9.65. The van der Waals surface area contributed by atoms with Crippen molar-refractivity contribution < 1.29 is 9.13 Å². The number of rotatable bonds is 2. The lowest BCUT2D eigenvalue weighted by Crippen LogP contribution is -1.91. The summed E-state index contributed by atoms with van der Waals surface area (Å²) >= 11 is 5.84. The maximum atomic E-state index is 12.8. The zero-order chi connectivity index (χ0) is 11.5. The minimum absolute atomic E-state index is 0.213. The minimum Gasteiger partial charge on any atom is -0.439 e. The Bertz CT molecular complexity index is 516. The Hall–Kier alpha value is -1.61. The van der Waals surface area contributed by atoms with Crippen molar-refractivity contribution in [3.8, 4) is 11.6 Å². The highest BCUT2D eigenvalue weighted by Gasteiger charge is 2.04. The van der Waals surface area contributed by atoms with E-state index in [-0.39, 0.29) is 5.88 Å². The van der Waals surface area contributed by atoms with Crippen LogP contribution >= 0.6 is 11.6 Å². The Balaban J connectivity index is 2.30. The lowest BCUT2D eigenvalue weighted by Gasteiger charge is -2.07. The SMILES string of the molecule is Cc1ccc(Cl)cc1Oc1cccc(F)n1. The highest BCUT2D eigenvalue weighted by Crippen LogP contribution is 2.26. The summed E-state index contributed by atoms with van der Waals surface area (Å²) in [5, 5.41) is 0.567. The summed E-state index contributed by atoms with van der Waals surface area (Å²) in [7, 11) is 0. The number of hydrogen-bond acceptors (Lipinski definition) is 2. The summed E-state index contributed by atoms with van der Waals surface area (Å²) < 4.78 is 18.3. The topological polar surface area (TPSA) is 22.1 Å². The van der Waals surface area contributed by atoms with Crippen LogP contribution in [0.4, 0.5) is 4.39 Å². The second-order valence-electron chi connectivity index (χ2n) is 3.31. The molecule has 0 amide bonds. The third-order valence-corrected chi connectivity index (χ3v) is 2.29. The summed E-state index contributed by atoms with van der Waals surface area (Å²) in [4.78, 5) is 3.61. The number of hydrogen-bond donors (Lipinski definition) is 0. The van der Waals surface area contributed by atoms with E-state index >= 15 is 0 Å². The van der Waals surface area contributed by atoms with E-state index in [0.29, 0.717) is 10.8 Å². The van der Waals surface area contributed by atoms with Crippen LogP contribution < -0.4 is 4.74 Å². The molecule has 2 nitrogen and oxygen atoms in total. The average molecular weight is 238 g/mol. The number of nitrogens with zero attached hydrogens (tertiary/aromatic N) is 1. The van der Waals surface area contributed by atoms with Crippen LogP contribution in [0.1, 0.15) is 5.56 Å². The van der Waals surface area contributed by atoms with Crippen LogP contribution in [0.25, 0.3) is 0 Å². The summed E-state index contributed by atoms with van der Waals surface area (Å²) in [5.41, 5.74) is 0.912. The summed E-state index contributed by atoms with van der Waals surface area (Å²) in [6.07, 6.45) is 0. The second kappa shape index (κ2) is 4.49. The Kier molecular flexibility index (Phi) is 3.06. The normalized spacial score (nSPS) is 10.2. The zero-order valence-corrected chi connectivity index (χ0v) is 9.33. The van der Waals surface area contributed by atoms with Crippen LogP contribution in [0.3, 0.4) is 0 Å². The first kappa shape index (κ1) is 10.9. The molecule has 16 heavy (non-hydrogen) atoms. The maximum Gasteiger partial charge on any atom is 0.221 e. The molecule has 0 radical (unpaired) electrons. The van der Waals surface area contributed by atoms with E-state index in [1.807, 2.05) is 13.0 Å². The van der Waals surface area contributed by atoms with Crippen molar-refractivity contribution in [1.29, 1.82) is 0 Å². The highest BCUT2D eigenvalue weighted by molar-refractivity contribution is 6.30. The molecule has 0 fully saturated rings. The molecule has 1 aromatic carbocycles. The molecule has 0 bridgehead atoms. The first-order valence-corrected chi connectivity index (χ1v) is 5.09. The van der Waals surface area contributed by atoms with Gasteiger partial charge in [0.1, 0.15) is 5.75 Å². The fourth-order valence-electron chi connectivity index (χ4n) is 1.24. The fraction of sp³-hybridized carbons (Fsp3) is 0.0833. The van der Waals surface area contributed by atoms with Gasteiger partial charge in [0.15, 0.2) is 0 Å². The van der Waals surface area contributed by atoms with Gasteiger partial charge < -0.3 is 4.74 Å². The van der Waals surface area contributed by atoms with Crippen molar-refractivity contribution in [3.63, 3.8) is 0 Å². The van der Waals surface area contributed by atoms with E-state index in [0.717, 1.165) is 5.56 Å². The van der Waals surface area contributed by atoms with Gasteiger partial charge >= 0.3 is 0 Å². The van der Waals surface area contributed by atoms with Gasteiger partial charge in [0, 0.05) is 11.1 Å². The predicted octanol–water partition coefficient (Wildman–Crippen LogP) is 3.97. The molecule has 0 unspecified atom stereocenters. The maximum absolute atomic E-state index is 12.8. The quantitative estimate of drug-likeness (QED) is 0.738. The Labute approximate surface area is 97.7 Å². The van der Waals surface area contributed by atoms with Gasteiger partial charge in [-0.2, -0.15) is 9.37 Å². The molecule has 0 aliphatic rings. The smallest absolute Gasteiger partial charge is 0.221 e. The minimum atomic E-state index is -0.572. The standard InChI is InChI=1S/C12H9ClFNO/c1-8-5-6-9(13)7-10(8)16-12-4-2-3-11(14)15-12/h2-7H,1H3. The van der Waals surface area contributed by atoms with Gasteiger partial charge in [-0.15, -0.1) is 0 Å². The van der Waals surface area contributed by atoms with E-state index in [2.05, 4.69) is 4.98 Å². The van der Waals surface area contributed by atoms with Crippen molar-refractivity contribution >= 4 is 11.6 Å². The van der Waals surface area contributed by atoms with E-state index < -0.39 is 5.95 Å². The molecule has 0 spiro atoms. The summed E-state index contributed by atoms with van der Waals surface area (Å²) in [6.45, 7) is 1.88. The van der Waals surface area contributed by atoms with Gasteiger partial charge in [-0.05, 0) is 30.7 Å². The Morgan fingerprint density at radius 1 is 1.25 bits per heavy atom. The monoisotopic (exact) mass is 237 g/mol. The van der Waals surface area contributed by atoms with Crippen molar-refractivity contribution in [1.82, 2.24) is 4.98 Å².